The SMILES string of the molecule is COCCNC(=O)[C@H](C)Sc1nc2ccccc2c(=O)n1CCC1=CCCCC1. The van der Waals surface area contributed by atoms with Crippen LogP contribution in [-0.4, -0.2) is 41.0 Å². The van der Waals surface area contributed by atoms with Crippen molar-refractivity contribution in [2.45, 2.75) is 56.0 Å². The van der Waals surface area contributed by atoms with E-state index < -0.39 is 0 Å². The zero-order chi connectivity index (χ0) is 20.6. The second kappa shape index (κ2) is 10.6. The molecule has 1 aromatic heterocycles. The van der Waals surface area contributed by atoms with Crippen LogP contribution in [0.3, 0.4) is 0 Å². The van der Waals surface area contributed by atoms with Gasteiger partial charge in [-0.15, -0.1) is 0 Å². The monoisotopic (exact) mass is 415 g/mol. The van der Waals surface area contributed by atoms with Crippen molar-refractivity contribution in [1.29, 1.82) is 0 Å². The van der Waals surface area contributed by atoms with E-state index in [1.165, 1.54) is 30.2 Å². The average Bonchev–Trinajstić information content (AvgIpc) is 2.74. The molecule has 1 heterocycles. The maximum atomic E-state index is 13.2. The minimum absolute atomic E-state index is 0.0403. The molecule has 0 saturated heterocycles. The molecule has 0 bridgehead atoms. The van der Waals surface area contributed by atoms with Gasteiger partial charge in [0.25, 0.3) is 5.56 Å². The molecule has 1 aliphatic rings. The van der Waals surface area contributed by atoms with E-state index >= 15 is 0 Å². The number of aromatic nitrogens is 2. The van der Waals surface area contributed by atoms with Gasteiger partial charge >= 0.3 is 0 Å². The lowest BCUT2D eigenvalue weighted by atomic mass is 9.97. The molecular formula is C22H29N3O3S. The Labute approximate surface area is 175 Å². The van der Waals surface area contributed by atoms with Crippen molar-refractivity contribution < 1.29 is 9.53 Å². The van der Waals surface area contributed by atoms with Crippen LogP contribution in [0, 0.1) is 0 Å². The van der Waals surface area contributed by atoms with E-state index in [4.69, 9.17) is 9.72 Å². The van der Waals surface area contributed by atoms with Gasteiger partial charge < -0.3 is 10.1 Å². The number of benzene rings is 1. The molecule has 0 fully saturated rings. The first-order valence-corrected chi connectivity index (χ1v) is 11.1. The molecular weight excluding hydrogens is 386 g/mol. The summed E-state index contributed by atoms with van der Waals surface area (Å²) in [6, 6.07) is 7.40. The van der Waals surface area contributed by atoms with Crippen LogP contribution in [0.15, 0.2) is 45.9 Å². The van der Waals surface area contributed by atoms with Crippen molar-refractivity contribution in [3.8, 4) is 0 Å². The summed E-state index contributed by atoms with van der Waals surface area (Å²) in [5, 5.41) is 3.70. The van der Waals surface area contributed by atoms with E-state index in [1.807, 2.05) is 31.2 Å². The number of hydrogen-bond donors (Lipinski definition) is 1. The summed E-state index contributed by atoms with van der Waals surface area (Å²) in [7, 11) is 1.60. The van der Waals surface area contributed by atoms with Gasteiger partial charge in [-0.2, -0.15) is 0 Å². The Bertz CT molecular complexity index is 939. The second-order valence-corrected chi connectivity index (χ2v) is 8.58. The summed E-state index contributed by atoms with van der Waals surface area (Å²) >= 11 is 1.33. The maximum absolute atomic E-state index is 13.2. The van der Waals surface area contributed by atoms with E-state index in [-0.39, 0.29) is 16.7 Å². The van der Waals surface area contributed by atoms with Gasteiger partial charge in [0.2, 0.25) is 5.91 Å². The number of methoxy groups -OCH3 is 1. The van der Waals surface area contributed by atoms with Crippen LogP contribution in [0.25, 0.3) is 10.9 Å². The molecule has 1 amide bonds. The number of amides is 1. The van der Waals surface area contributed by atoms with Crippen LogP contribution in [0.1, 0.15) is 39.0 Å². The molecule has 3 rings (SSSR count). The first-order chi connectivity index (χ1) is 14.1. The molecule has 2 aromatic rings. The predicted octanol–water partition coefficient (Wildman–Crippen LogP) is 3.53. The Hall–Kier alpha value is -2.12. The first-order valence-electron chi connectivity index (χ1n) is 10.2. The molecule has 0 unspecified atom stereocenters. The molecule has 1 N–H and O–H groups in total. The quantitative estimate of drug-likeness (QED) is 0.294. The molecule has 156 valence electrons. The van der Waals surface area contributed by atoms with Gasteiger partial charge in [-0.05, 0) is 51.2 Å². The molecule has 0 saturated carbocycles. The molecule has 7 heteroatoms. The Balaban J connectivity index is 1.84. The van der Waals surface area contributed by atoms with Gasteiger partial charge in [-0.3, -0.25) is 14.2 Å². The first kappa shape index (κ1) is 21.6. The van der Waals surface area contributed by atoms with Crippen molar-refractivity contribution in [2.75, 3.05) is 20.3 Å². The highest BCUT2D eigenvalue weighted by Gasteiger charge is 2.19. The maximum Gasteiger partial charge on any atom is 0.262 e. The van der Waals surface area contributed by atoms with Crippen molar-refractivity contribution >= 4 is 28.6 Å². The zero-order valence-corrected chi connectivity index (χ0v) is 18.0. The van der Waals surface area contributed by atoms with Crippen LogP contribution in [0.4, 0.5) is 0 Å². The third kappa shape index (κ3) is 5.70. The number of hydrogen-bond acceptors (Lipinski definition) is 5. The van der Waals surface area contributed by atoms with Crippen molar-refractivity contribution in [3.63, 3.8) is 0 Å². The number of nitrogens with zero attached hydrogens (tertiary/aromatic N) is 2. The number of fused-ring (bicyclic) bond motifs is 1. The minimum atomic E-state index is -0.361. The fraction of sp³-hybridized carbons (Fsp3) is 0.500. The zero-order valence-electron chi connectivity index (χ0n) is 17.1. The highest BCUT2D eigenvalue weighted by Crippen LogP contribution is 2.25. The van der Waals surface area contributed by atoms with Gasteiger partial charge in [-0.1, -0.05) is 35.5 Å². The Morgan fingerprint density at radius 1 is 1.34 bits per heavy atom. The van der Waals surface area contributed by atoms with E-state index in [1.54, 1.807) is 11.7 Å². The molecule has 1 aliphatic carbocycles. The summed E-state index contributed by atoms with van der Waals surface area (Å²) in [5.74, 6) is -0.0870. The number of carbonyl (C=O) groups is 1. The number of para-hydroxylation sites is 1. The van der Waals surface area contributed by atoms with Crippen LogP contribution in [-0.2, 0) is 16.1 Å². The summed E-state index contributed by atoms with van der Waals surface area (Å²) in [4.78, 5) is 30.3. The molecule has 0 aliphatic heterocycles. The molecule has 29 heavy (non-hydrogen) atoms. The lowest BCUT2D eigenvalue weighted by Gasteiger charge is -2.18. The Kier molecular flexibility index (Phi) is 7.89. The third-order valence-electron chi connectivity index (χ3n) is 5.12. The van der Waals surface area contributed by atoms with Gasteiger partial charge in [0.1, 0.15) is 0 Å². The average molecular weight is 416 g/mol. The fourth-order valence-electron chi connectivity index (χ4n) is 3.45. The summed E-state index contributed by atoms with van der Waals surface area (Å²) in [5.41, 5.74) is 2.04. The predicted molar refractivity (Wildman–Crippen MR) is 117 cm³/mol. The van der Waals surface area contributed by atoms with Gasteiger partial charge in [-0.25, -0.2) is 4.98 Å². The normalized spacial score (nSPS) is 15.2. The summed E-state index contributed by atoms with van der Waals surface area (Å²) in [6.07, 6.45) is 7.86. The van der Waals surface area contributed by atoms with E-state index in [9.17, 15) is 9.59 Å². The number of carbonyl (C=O) groups excluding carboxylic acids is 1. The number of nitrogens with one attached hydrogen (secondary N) is 1. The molecule has 1 aromatic carbocycles. The minimum Gasteiger partial charge on any atom is -0.383 e. The highest BCUT2D eigenvalue weighted by molar-refractivity contribution is 8.00. The largest absolute Gasteiger partial charge is 0.383 e. The summed E-state index contributed by atoms with van der Waals surface area (Å²) < 4.78 is 6.72. The number of thioether (sulfide) groups is 1. The van der Waals surface area contributed by atoms with Gasteiger partial charge in [0, 0.05) is 20.2 Å². The summed E-state index contributed by atoms with van der Waals surface area (Å²) in [6.45, 7) is 3.36. The second-order valence-electron chi connectivity index (χ2n) is 7.27. The van der Waals surface area contributed by atoms with E-state index in [2.05, 4.69) is 11.4 Å². The molecule has 6 nitrogen and oxygen atoms in total. The smallest absolute Gasteiger partial charge is 0.262 e. The van der Waals surface area contributed by atoms with Gasteiger partial charge in [0.05, 0.1) is 22.8 Å². The van der Waals surface area contributed by atoms with Crippen molar-refractivity contribution in [3.05, 3.63) is 46.3 Å². The van der Waals surface area contributed by atoms with E-state index in [0.717, 1.165) is 19.3 Å². The van der Waals surface area contributed by atoms with E-state index in [0.29, 0.717) is 35.8 Å². The van der Waals surface area contributed by atoms with Crippen LogP contribution in [0.5, 0.6) is 0 Å². The number of rotatable bonds is 9. The fourth-order valence-corrected chi connectivity index (χ4v) is 4.41. The standard InChI is InChI=1S/C22H29N3O3S/c1-16(20(26)23-13-15-28-2)29-22-24-19-11-7-6-10-18(19)21(27)25(22)14-12-17-8-4-3-5-9-17/h6-8,10-11,16H,3-5,9,12-15H2,1-2H3,(H,23,26)/t16-/m0/s1. The number of ether oxygens (including phenoxy) is 1. The molecule has 0 radical (unpaired) electrons. The van der Waals surface area contributed by atoms with Crippen LogP contribution < -0.4 is 10.9 Å². The lowest BCUT2D eigenvalue weighted by molar-refractivity contribution is -0.120. The van der Waals surface area contributed by atoms with Gasteiger partial charge in [0.15, 0.2) is 5.16 Å². The van der Waals surface area contributed by atoms with Crippen LogP contribution in [0.2, 0.25) is 0 Å². The van der Waals surface area contributed by atoms with Crippen molar-refractivity contribution in [1.82, 2.24) is 14.9 Å². The number of allylic oxidation sites excluding steroid dienone is 2. The molecule has 1 atom stereocenters. The molecule has 0 spiro atoms. The third-order valence-corrected chi connectivity index (χ3v) is 6.22. The van der Waals surface area contributed by atoms with Crippen LogP contribution >= 0.6 is 11.8 Å². The van der Waals surface area contributed by atoms with Crippen molar-refractivity contribution in [2.24, 2.45) is 0 Å². The lowest BCUT2D eigenvalue weighted by Crippen LogP contribution is -2.34. The Morgan fingerprint density at radius 2 is 2.17 bits per heavy atom. The Morgan fingerprint density at radius 3 is 2.93 bits per heavy atom. The topological polar surface area (TPSA) is 73.2 Å². The highest BCUT2D eigenvalue weighted by atomic mass is 32.2.